The van der Waals surface area contributed by atoms with Crippen molar-refractivity contribution in [3.8, 4) is 5.75 Å². The topological polar surface area (TPSA) is 63.0 Å². The van der Waals surface area contributed by atoms with E-state index in [1.54, 1.807) is 18.5 Å². The Morgan fingerprint density at radius 1 is 1.32 bits per heavy atom. The molecular formula is C14H20N4O. The van der Waals surface area contributed by atoms with E-state index in [0.717, 1.165) is 25.2 Å². The predicted molar refractivity (Wildman–Crippen MR) is 73.8 cm³/mol. The highest BCUT2D eigenvalue weighted by Crippen LogP contribution is 2.19. The van der Waals surface area contributed by atoms with Gasteiger partial charge in [0.2, 0.25) is 0 Å². The van der Waals surface area contributed by atoms with Crippen LogP contribution in [0.4, 0.5) is 0 Å². The molecule has 0 saturated carbocycles. The van der Waals surface area contributed by atoms with E-state index in [2.05, 4.69) is 22.4 Å². The van der Waals surface area contributed by atoms with Crippen LogP contribution in [0.1, 0.15) is 30.8 Å². The molecule has 0 radical (unpaired) electrons. The van der Waals surface area contributed by atoms with Crippen LogP contribution in [0.2, 0.25) is 0 Å². The number of phenolic OH excluding ortho intramolecular Hbond substituents is 1. The molecule has 1 unspecified atom stereocenters. The Morgan fingerprint density at radius 2 is 2.05 bits per heavy atom. The van der Waals surface area contributed by atoms with Crippen LogP contribution >= 0.6 is 0 Å². The summed E-state index contributed by atoms with van der Waals surface area (Å²) in [6, 6.07) is 7.66. The number of phenols is 1. The predicted octanol–water partition coefficient (Wildman–Crippen LogP) is 1.80. The normalized spacial score (nSPS) is 12.5. The summed E-state index contributed by atoms with van der Waals surface area (Å²) >= 11 is 0. The molecule has 2 N–H and O–H groups in total. The Morgan fingerprint density at radius 3 is 2.63 bits per heavy atom. The number of benzene rings is 1. The quantitative estimate of drug-likeness (QED) is 0.831. The van der Waals surface area contributed by atoms with E-state index >= 15 is 0 Å². The minimum Gasteiger partial charge on any atom is -0.508 e. The van der Waals surface area contributed by atoms with Crippen LogP contribution in [0.5, 0.6) is 5.75 Å². The number of rotatable bonds is 6. The molecule has 1 aromatic carbocycles. The average Bonchev–Trinajstić information content (AvgIpc) is 2.82. The van der Waals surface area contributed by atoms with Crippen molar-refractivity contribution in [2.45, 2.75) is 25.8 Å². The zero-order chi connectivity index (χ0) is 13.7. The first-order valence-electron chi connectivity index (χ1n) is 6.56. The first-order chi connectivity index (χ1) is 9.20. The van der Waals surface area contributed by atoms with E-state index in [-0.39, 0.29) is 0 Å². The van der Waals surface area contributed by atoms with Gasteiger partial charge in [-0.1, -0.05) is 19.1 Å². The van der Waals surface area contributed by atoms with Crippen LogP contribution in [-0.4, -0.2) is 26.4 Å². The Hall–Kier alpha value is -1.88. The first-order valence-corrected chi connectivity index (χ1v) is 6.56. The number of aromatic hydroxyl groups is 1. The highest BCUT2D eigenvalue weighted by Gasteiger charge is 2.09. The van der Waals surface area contributed by atoms with Gasteiger partial charge in [0, 0.05) is 26.1 Å². The Kier molecular flexibility index (Phi) is 4.52. The molecule has 0 aliphatic rings. The summed E-state index contributed by atoms with van der Waals surface area (Å²) in [5.74, 6) is 1.28. The van der Waals surface area contributed by atoms with E-state index in [0.29, 0.717) is 11.8 Å². The van der Waals surface area contributed by atoms with Crippen molar-refractivity contribution in [2.24, 2.45) is 7.05 Å². The summed E-state index contributed by atoms with van der Waals surface area (Å²) < 4.78 is 1.93. The molecule has 0 spiro atoms. The molecule has 102 valence electrons. The van der Waals surface area contributed by atoms with Crippen molar-refractivity contribution in [2.75, 3.05) is 6.54 Å². The van der Waals surface area contributed by atoms with E-state index in [1.165, 1.54) is 5.56 Å². The summed E-state index contributed by atoms with van der Waals surface area (Å²) in [6.45, 7) is 3.00. The van der Waals surface area contributed by atoms with Gasteiger partial charge in [-0.25, -0.2) is 0 Å². The molecule has 5 heteroatoms. The molecule has 0 fully saturated rings. The van der Waals surface area contributed by atoms with Gasteiger partial charge in [-0.3, -0.25) is 0 Å². The van der Waals surface area contributed by atoms with Crippen molar-refractivity contribution >= 4 is 0 Å². The van der Waals surface area contributed by atoms with Gasteiger partial charge in [0.15, 0.2) is 0 Å². The second-order valence-corrected chi connectivity index (χ2v) is 4.61. The third kappa shape index (κ3) is 3.54. The van der Waals surface area contributed by atoms with Crippen LogP contribution in [-0.2, 0) is 13.5 Å². The maximum absolute atomic E-state index is 9.30. The number of nitrogens with zero attached hydrogens (tertiary/aromatic N) is 3. The Labute approximate surface area is 113 Å². The van der Waals surface area contributed by atoms with Crippen LogP contribution in [0.15, 0.2) is 30.6 Å². The zero-order valence-electron chi connectivity index (χ0n) is 11.4. The fourth-order valence-corrected chi connectivity index (χ4v) is 2.10. The number of hydrogen-bond donors (Lipinski definition) is 2. The molecular weight excluding hydrogens is 240 g/mol. The van der Waals surface area contributed by atoms with Gasteiger partial charge in [-0.15, -0.1) is 10.2 Å². The smallest absolute Gasteiger partial charge is 0.133 e. The third-order valence-electron chi connectivity index (χ3n) is 3.25. The van der Waals surface area contributed by atoms with E-state index < -0.39 is 0 Å². The molecule has 0 saturated heterocycles. The number of hydrogen-bond acceptors (Lipinski definition) is 4. The lowest BCUT2D eigenvalue weighted by Gasteiger charge is -2.17. The summed E-state index contributed by atoms with van der Waals surface area (Å²) in [7, 11) is 1.95. The molecule has 5 nitrogen and oxygen atoms in total. The second-order valence-electron chi connectivity index (χ2n) is 4.61. The summed E-state index contributed by atoms with van der Waals surface area (Å²) in [5.41, 5.74) is 1.19. The number of nitrogens with one attached hydrogen (secondary N) is 1. The van der Waals surface area contributed by atoms with Crippen LogP contribution < -0.4 is 5.32 Å². The maximum atomic E-state index is 9.30. The molecule has 0 aliphatic carbocycles. The largest absolute Gasteiger partial charge is 0.508 e. The molecule has 0 aliphatic heterocycles. The van der Waals surface area contributed by atoms with Gasteiger partial charge in [-0.2, -0.15) is 0 Å². The lowest BCUT2D eigenvalue weighted by atomic mass is 10.0. The minimum absolute atomic E-state index is 0.300. The molecule has 0 amide bonds. The highest BCUT2D eigenvalue weighted by molar-refractivity contribution is 5.27. The molecule has 1 aromatic heterocycles. The van der Waals surface area contributed by atoms with Gasteiger partial charge >= 0.3 is 0 Å². The van der Waals surface area contributed by atoms with Crippen molar-refractivity contribution in [1.82, 2.24) is 20.1 Å². The zero-order valence-corrected chi connectivity index (χ0v) is 11.4. The van der Waals surface area contributed by atoms with Crippen molar-refractivity contribution in [3.05, 3.63) is 42.0 Å². The van der Waals surface area contributed by atoms with Gasteiger partial charge in [0.25, 0.3) is 0 Å². The lowest BCUT2D eigenvalue weighted by Crippen LogP contribution is -2.24. The SMILES string of the molecule is CCC(NCCc1nncn1C)c1ccc(O)cc1. The fourth-order valence-electron chi connectivity index (χ4n) is 2.10. The number of aromatic nitrogens is 3. The van der Waals surface area contributed by atoms with Gasteiger partial charge < -0.3 is 15.0 Å². The molecule has 1 heterocycles. The maximum Gasteiger partial charge on any atom is 0.133 e. The Balaban J connectivity index is 1.89. The standard InChI is InChI=1S/C14H20N4O/c1-3-13(11-4-6-12(19)7-5-11)15-9-8-14-17-16-10-18(14)2/h4-7,10,13,15,19H,3,8-9H2,1-2H3. The van der Waals surface area contributed by atoms with E-state index in [9.17, 15) is 5.11 Å². The second kappa shape index (κ2) is 6.33. The molecule has 0 bridgehead atoms. The molecule has 19 heavy (non-hydrogen) atoms. The van der Waals surface area contributed by atoms with Gasteiger partial charge in [-0.05, 0) is 24.1 Å². The van der Waals surface area contributed by atoms with Crippen LogP contribution in [0.3, 0.4) is 0 Å². The van der Waals surface area contributed by atoms with Crippen molar-refractivity contribution in [3.63, 3.8) is 0 Å². The first kappa shape index (κ1) is 13.5. The average molecular weight is 260 g/mol. The summed E-state index contributed by atoms with van der Waals surface area (Å²) in [4.78, 5) is 0. The number of aryl methyl sites for hydroxylation is 1. The van der Waals surface area contributed by atoms with Crippen molar-refractivity contribution in [1.29, 1.82) is 0 Å². The third-order valence-corrected chi connectivity index (χ3v) is 3.25. The molecule has 1 atom stereocenters. The monoisotopic (exact) mass is 260 g/mol. The fraction of sp³-hybridized carbons (Fsp3) is 0.429. The molecule has 2 rings (SSSR count). The van der Waals surface area contributed by atoms with E-state index in [4.69, 9.17) is 0 Å². The van der Waals surface area contributed by atoms with Crippen LogP contribution in [0, 0.1) is 0 Å². The van der Waals surface area contributed by atoms with Gasteiger partial charge in [0.05, 0.1) is 0 Å². The summed E-state index contributed by atoms with van der Waals surface area (Å²) in [5, 5.41) is 20.7. The lowest BCUT2D eigenvalue weighted by molar-refractivity contribution is 0.473. The van der Waals surface area contributed by atoms with Gasteiger partial charge in [0.1, 0.15) is 17.9 Å². The Bertz CT molecular complexity index is 506. The minimum atomic E-state index is 0.300. The molecule has 2 aromatic rings. The van der Waals surface area contributed by atoms with Crippen molar-refractivity contribution < 1.29 is 5.11 Å². The summed E-state index contributed by atoms with van der Waals surface area (Å²) in [6.07, 6.45) is 3.57. The van der Waals surface area contributed by atoms with Crippen LogP contribution in [0.25, 0.3) is 0 Å². The van der Waals surface area contributed by atoms with E-state index in [1.807, 2.05) is 23.7 Å². The highest BCUT2D eigenvalue weighted by atomic mass is 16.3.